The van der Waals surface area contributed by atoms with Gasteiger partial charge in [0.25, 0.3) is 0 Å². The second kappa shape index (κ2) is 5.82. The maximum atomic E-state index is 13.5. The number of aryl methyl sites for hydroxylation is 1. The monoisotopic (exact) mass is 299 g/mol. The zero-order valence-electron chi connectivity index (χ0n) is 12.0. The third kappa shape index (κ3) is 3.58. The van der Waals surface area contributed by atoms with Gasteiger partial charge in [0.15, 0.2) is 0 Å². The van der Waals surface area contributed by atoms with Gasteiger partial charge >= 0.3 is 0 Å². The van der Waals surface area contributed by atoms with Crippen molar-refractivity contribution in [2.45, 2.75) is 43.9 Å². The Morgan fingerprint density at radius 2 is 2.00 bits per heavy atom. The van der Waals surface area contributed by atoms with Crippen LogP contribution in [0.3, 0.4) is 0 Å². The molecule has 1 aliphatic rings. The van der Waals surface area contributed by atoms with Crippen LogP contribution in [0.25, 0.3) is 0 Å². The molecule has 2 N–H and O–H groups in total. The van der Waals surface area contributed by atoms with E-state index in [1.165, 1.54) is 18.4 Å². The molecule has 112 valence electrons. The van der Waals surface area contributed by atoms with Crippen molar-refractivity contribution in [3.63, 3.8) is 0 Å². The van der Waals surface area contributed by atoms with E-state index in [-0.39, 0.29) is 23.0 Å². The van der Waals surface area contributed by atoms with E-state index in [0.29, 0.717) is 12.8 Å². The van der Waals surface area contributed by atoms with Crippen LogP contribution >= 0.6 is 0 Å². The lowest BCUT2D eigenvalue weighted by molar-refractivity contribution is 0.308. The first-order chi connectivity index (χ1) is 9.27. The fourth-order valence-corrected chi connectivity index (χ4v) is 4.32. The fraction of sp³-hybridized carbons (Fsp3) is 0.600. The van der Waals surface area contributed by atoms with Gasteiger partial charge in [0.1, 0.15) is 15.7 Å². The van der Waals surface area contributed by atoms with E-state index in [0.717, 1.165) is 24.0 Å². The van der Waals surface area contributed by atoms with Crippen LogP contribution in [0.2, 0.25) is 0 Å². The van der Waals surface area contributed by atoms with Crippen LogP contribution in [0.5, 0.6) is 0 Å². The average Bonchev–Trinajstić information content (AvgIpc) is 2.36. The van der Waals surface area contributed by atoms with Crippen LogP contribution in [-0.4, -0.2) is 19.9 Å². The van der Waals surface area contributed by atoms with Crippen LogP contribution in [0.4, 0.5) is 4.39 Å². The van der Waals surface area contributed by atoms with Gasteiger partial charge in [-0.25, -0.2) is 12.8 Å². The van der Waals surface area contributed by atoms with Gasteiger partial charge < -0.3 is 5.73 Å². The van der Waals surface area contributed by atoms with Crippen LogP contribution in [0.1, 0.15) is 42.9 Å². The molecule has 0 bridgehead atoms. The molecule has 1 aliphatic carbocycles. The molecule has 3 unspecified atom stereocenters. The lowest BCUT2D eigenvalue weighted by atomic mass is 9.81. The molecule has 5 heteroatoms. The van der Waals surface area contributed by atoms with Crippen LogP contribution in [-0.2, 0) is 9.84 Å². The Morgan fingerprint density at radius 1 is 1.30 bits per heavy atom. The lowest BCUT2D eigenvalue weighted by Crippen LogP contribution is -2.33. The maximum absolute atomic E-state index is 13.5. The minimum Gasteiger partial charge on any atom is -0.324 e. The highest BCUT2D eigenvalue weighted by Gasteiger charge is 2.32. The predicted octanol–water partition coefficient (Wildman–Crippen LogP) is 2.74. The van der Waals surface area contributed by atoms with Crippen molar-refractivity contribution in [1.29, 1.82) is 0 Å². The van der Waals surface area contributed by atoms with Crippen molar-refractivity contribution in [2.75, 3.05) is 6.26 Å². The van der Waals surface area contributed by atoms with Crippen molar-refractivity contribution in [2.24, 2.45) is 11.7 Å². The molecular weight excluding hydrogens is 277 g/mol. The Labute approximate surface area is 120 Å². The molecule has 0 radical (unpaired) electrons. The largest absolute Gasteiger partial charge is 0.324 e. The normalized spacial score (nSPS) is 25.4. The van der Waals surface area contributed by atoms with E-state index in [9.17, 15) is 12.8 Å². The molecule has 3 atom stereocenters. The van der Waals surface area contributed by atoms with Crippen molar-refractivity contribution >= 4 is 9.84 Å². The quantitative estimate of drug-likeness (QED) is 0.933. The molecule has 0 saturated heterocycles. The summed E-state index contributed by atoms with van der Waals surface area (Å²) in [6.45, 7) is 1.83. The first kappa shape index (κ1) is 15.4. The molecule has 20 heavy (non-hydrogen) atoms. The summed E-state index contributed by atoms with van der Waals surface area (Å²) in [6, 6.07) is 4.52. The molecular formula is C15H22FNO2S. The molecule has 0 aromatic heterocycles. The summed E-state index contributed by atoms with van der Waals surface area (Å²) >= 11 is 0. The zero-order chi connectivity index (χ0) is 14.9. The molecule has 0 spiro atoms. The van der Waals surface area contributed by atoms with Gasteiger partial charge in [-0.2, -0.15) is 0 Å². The number of benzene rings is 1. The van der Waals surface area contributed by atoms with Crippen molar-refractivity contribution < 1.29 is 12.8 Å². The van der Waals surface area contributed by atoms with E-state index in [4.69, 9.17) is 5.73 Å². The predicted molar refractivity (Wildman–Crippen MR) is 78.7 cm³/mol. The van der Waals surface area contributed by atoms with E-state index in [2.05, 4.69) is 0 Å². The van der Waals surface area contributed by atoms with Gasteiger partial charge in [0, 0.05) is 12.3 Å². The van der Waals surface area contributed by atoms with Gasteiger partial charge in [-0.15, -0.1) is 0 Å². The number of halogens is 1. The Bertz CT molecular complexity index is 565. The summed E-state index contributed by atoms with van der Waals surface area (Å²) in [5, 5.41) is -0.304. The van der Waals surface area contributed by atoms with Crippen LogP contribution in [0.15, 0.2) is 18.2 Å². The topological polar surface area (TPSA) is 60.2 Å². The van der Waals surface area contributed by atoms with E-state index in [1.54, 1.807) is 0 Å². The fourth-order valence-electron chi connectivity index (χ4n) is 3.13. The molecule has 1 aromatic rings. The minimum atomic E-state index is -3.02. The third-order valence-corrected chi connectivity index (χ3v) is 5.87. The van der Waals surface area contributed by atoms with Crippen molar-refractivity contribution in [1.82, 2.24) is 0 Å². The highest BCUT2D eigenvalue weighted by molar-refractivity contribution is 7.91. The molecule has 1 saturated carbocycles. The Balaban J connectivity index is 2.18. The second-order valence-electron chi connectivity index (χ2n) is 5.97. The smallest absolute Gasteiger partial charge is 0.150 e. The summed E-state index contributed by atoms with van der Waals surface area (Å²) in [4.78, 5) is 0. The average molecular weight is 299 g/mol. The van der Waals surface area contributed by atoms with Gasteiger partial charge in [-0.05, 0) is 55.4 Å². The van der Waals surface area contributed by atoms with Crippen molar-refractivity contribution in [3.8, 4) is 0 Å². The lowest BCUT2D eigenvalue weighted by Gasteiger charge is -2.32. The standard InChI is InChI=1S/C15H22FNO2S/c1-10-6-12(8-13(16)7-10)15(17)11-4-3-5-14(9-11)20(2,18)19/h6-8,11,14-15H,3-5,9,17H2,1-2H3. The number of nitrogens with two attached hydrogens (primary N) is 1. The zero-order valence-corrected chi connectivity index (χ0v) is 12.8. The highest BCUT2D eigenvalue weighted by Crippen LogP contribution is 2.35. The Hall–Kier alpha value is -0.940. The summed E-state index contributed by atoms with van der Waals surface area (Å²) < 4.78 is 36.9. The second-order valence-corrected chi connectivity index (χ2v) is 8.29. The molecule has 0 aliphatic heterocycles. The first-order valence-electron chi connectivity index (χ1n) is 6.99. The first-order valence-corrected chi connectivity index (χ1v) is 8.94. The maximum Gasteiger partial charge on any atom is 0.150 e. The summed E-state index contributed by atoms with van der Waals surface area (Å²) in [5.74, 6) is -0.185. The number of hydrogen-bond donors (Lipinski definition) is 1. The number of sulfone groups is 1. The SMILES string of the molecule is Cc1cc(F)cc(C(N)C2CCCC(S(C)(=O)=O)C2)c1. The van der Waals surface area contributed by atoms with Gasteiger partial charge in [-0.1, -0.05) is 12.5 Å². The Morgan fingerprint density at radius 3 is 2.60 bits per heavy atom. The van der Waals surface area contributed by atoms with Crippen LogP contribution < -0.4 is 5.73 Å². The summed E-state index contributed by atoms with van der Waals surface area (Å²) in [6.07, 6.45) is 4.35. The number of hydrogen-bond acceptors (Lipinski definition) is 3. The van der Waals surface area contributed by atoms with Crippen molar-refractivity contribution in [3.05, 3.63) is 35.1 Å². The van der Waals surface area contributed by atoms with Gasteiger partial charge in [0.2, 0.25) is 0 Å². The highest BCUT2D eigenvalue weighted by atomic mass is 32.2. The van der Waals surface area contributed by atoms with E-state index >= 15 is 0 Å². The summed E-state index contributed by atoms with van der Waals surface area (Å²) in [5.41, 5.74) is 7.86. The molecule has 1 aromatic carbocycles. The molecule has 0 heterocycles. The van der Waals surface area contributed by atoms with Gasteiger partial charge in [-0.3, -0.25) is 0 Å². The minimum absolute atomic E-state index is 0.102. The van der Waals surface area contributed by atoms with Gasteiger partial charge in [0.05, 0.1) is 5.25 Å². The molecule has 3 nitrogen and oxygen atoms in total. The van der Waals surface area contributed by atoms with E-state index in [1.807, 2.05) is 13.0 Å². The summed E-state index contributed by atoms with van der Waals surface area (Å²) in [7, 11) is -3.02. The Kier molecular flexibility index (Phi) is 4.49. The molecule has 1 fully saturated rings. The molecule has 0 amide bonds. The van der Waals surface area contributed by atoms with E-state index < -0.39 is 9.84 Å². The molecule has 2 rings (SSSR count). The third-order valence-electron chi connectivity index (χ3n) is 4.23. The van der Waals surface area contributed by atoms with Crippen LogP contribution in [0, 0.1) is 18.7 Å². The number of rotatable bonds is 3.